The topological polar surface area (TPSA) is 49.3 Å². The number of rotatable bonds is 4. The molecule has 0 N–H and O–H groups in total. The van der Waals surface area contributed by atoms with Crippen LogP contribution in [-0.2, 0) is 30.7 Å². The van der Waals surface area contributed by atoms with Gasteiger partial charge >= 0.3 is 0 Å². The van der Waals surface area contributed by atoms with E-state index in [1.54, 1.807) is 0 Å². The lowest BCUT2D eigenvalue weighted by atomic mass is 9.93. The van der Waals surface area contributed by atoms with Crippen LogP contribution in [0, 0.1) is 5.92 Å². The summed E-state index contributed by atoms with van der Waals surface area (Å²) in [7, 11) is 0. The molecule has 4 rings (SSSR count). The Hall–Kier alpha value is -2.27. The van der Waals surface area contributed by atoms with Gasteiger partial charge in [0.1, 0.15) is 5.82 Å². The standard InChI is InChI=1S/C22H28N4O/c1-2-21-23-13-17(14-24-21)15-25-10-7-19(8-11-25)22(27)26-12-9-18-5-3-4-6-20(18)16-26/h3-6,13-14,19H,2,7-12,15-16H2,1H3. The highest BCUT2D eigenvalue weighted by atomic mass is 16.2. The molecule has 5 nitrogen and oxygen atoms in total. The zero-order valence-electron chi connectivity index (χ0n) is 16.1. The molecule has 1 amide bonds. The van der Waals surface area contributed by atoms with Gasteiger partial charge in [0, 0.05) is 49.9 Å². The van der Waals surface area contributed by atoms with Crippen molar-refractivity contribution in [2.75, 3.05) is 19.6 Å². The Morgan fingerprint density at radius 2 is 1.78 bits per heavy atom. The number of carbonyl (C=O) groups is 1. The lowest BCUT2D eigenvalue weighted by Crippen LogP contribution is -2.44. The van der Waals surface area contributed by atoms with E-state index in [2.05, 4.69) is 51.0 Å². The Balaban J connectivity index is 1.29. The molecule has 2 aromatic rings. The van der Waals surface area contributed by atoms with Crippen LogP contribution in [-0.4, -0.2) is 45.3 Å². The molecule has 0 atom stereocenters. The number of piperidine rings is 1. The zero-order valence-corrected chi connectivity index (χ0v) is 16.1. The lowest BCUT2D eigenvalue weighted by Gasteiger charge is -2.36. The van der Waals surface area contributed by atoms with E-state index in [-0.39, 0.29) is 5.92 Å². The van der Waals surface area contributed by atoms with E-state index in [1.807, 2.05) is 12.4 Å². The molecule has 3 heterocycles. The van der Waals surface area contributed by atoms with Gasteiger partial charge in [-0.25, -0.2) is 9.97 Å². The van der Waals surface area contributed by atoms with Crippen LogP contribution in [0.2, 0.25) is 0 Å². The number of fused-ring (bicyclic) bond motifs is 1. The fourth-order valence-electron chi connectivity index (χ4n) is 4.18. The SMILES string of the molecule is CCc1ncc(CN2CCC(C(=O)N3CCc4ccccc4C3)CC2)cn1. The first-order valence-corrected chi connectivity index (χ1v) is 10.1. The van der Waals surface area contributed by atoms with Crippen molar-refractivity contribution in [3.05, 3.63) is 59.2 Å². The molecule has 2 aliphatic heterocycles. The predicted molar refractivity (Wildman–Crippen MR) is 105 cm³/mol. The van der Waals surface area contributed by atoms with Crippen molar-refractivity contribution in [1.82, 2.24) is 19.8 Å². The molecule has 27 heavy (non-hydrogen) atoms. The average Bonchev–Trinajstić information content (AvgIpc) is 2.74. The number of hydrogen-bond acceptors (Lipinski definition) is 4. The van der Waals surface area contributed by atoms with Gasteiger partial charge in [-0.3, -0.25) is 9.69 Å². The summed E-state index contributed by atoms with van der Waals surface area (Å²) in [4.78, 5) is 26.2. The summed E-state index contributed by atoms with van der Waals surface area (Å²) in [6.45, 7) is 6.51. The monoisotopic (exact) mass is 364 g/mol. The number of aryl methyl sites for hydroxylation is 1. The fourth-order valence-corrected chi connectivity index (χ4v) is 4.18. The molecule has 142 valence electrons. The second-order valence-electron chi connectivity index (χ2n) is 7.69. The summed E-state index contributed by atoms with van der Waals surface area (Å²) in [6, 6.07) is 8.50. The highest BCUT2D eigenvalue weighted by Gasteiger charge is 2.30. The summed E-state index contributed by atoms with van der Waals surface area (Å²) >= 11 is 0. The van der Waals surface area contributed by atoms with Crippen molar-refractivity contribution in [3.63, 3.8) is 0 Å². The van der Waals surface area contributed by atoms with Crippen molar-refractivity contribution < 1.29 is 4.79 Å². The minimum atomic E-state index is 0.172. The number of hydrogen-bond donors (Lipinski definition) is 0. The van der Waals surface area contributed by atoms with E-state index in [1.165, 1.54) is 11.1 Å². The quantitative estimate of drug-likeness (QED) is 0.837. The van der Waals surface area contributed by atoms with E-state index in [9.17, 15) is 4.79 Å². The molecular formula is C22H28N4O. The number of likely N-dealkylation sites (tertiary alicyclic amines) is 1. The van der Waals surface area contributed by atoms with Crippen LogP contribution in [0.25, 0.3) is 0 Å². The molecule has 0 unspecified atom stereocenters. The Morgan fingerprint density at radius 3 is 2.48 bits per heavy atom. The summed E-state index contributed by atoms with van der Waals surface area (Å²) in [5, 5.41) is 0. The van der Waals surface area contributed by atoms with E-state index in [0.717, 1.165) is 69.8 Å². The lowest BCUT2D eigenvalue weighted by molar-refractivity contribution is -0.138. The van der Waals surface area contributed by atoms with Crippen LogP contribution in [0.1, 0.15) is 42.3 Å². The van der Waals surface area contributed by atoms with Crippen LogP contribution in [0.3, 0.4) is 0 Å². The minimum Gasteiger partial charge on any atom is -0.338 e. The highest BCUT2D eigenvalue weighted by molar-refractivity contribution is 5.79. The second kappa shape index (κ2) is 8.17. The molecule has 0 bridgehead atoms. The van der Waals surface area contributed by atoms with Crippen molar-refractivity contribution in [2.24, 2.45) is 5.92 Å². The van der Waals surface area contributed by atoms with Gasteiger partial charge in [0.15, 0.2) is 0 Å². The summed E-state index contributed by atoms with van der Waals surface area (Å²) in [6.07, 6.45) is 7.63. The first-order valence-electron chi connectivity index (χ1n) is 10.1. The predicted octanol–water partition coefficient (Wildman–Crippen LogP) is 2.84. The van der Waals surface area contributed by atoms with Crippen molar-refractivity contribution in [1.29, 1.82) is 0 Å². The van der Waals surface area contributed by atoms with Gasteiger partial charge in [-0.15, -0.1) is 0 Å². The molecule has 5 heteroatoms. The summed E-state index contributed by atoms with van der Waals surface area (Å²) < 4.78 is 0. The molecular weight excluding hydrogens is 336 g/mol. The number of nitrogens with zero attached hydrogens (tertiary/aromatic N) is 4. The smallest absolute Gasteiger partial charge is 0.226 e. The van der Waals surface area contributed by atoms with Gasteiger partial charge in [-0.1, -0.05) is 31.2 Å². The van der Waals surface area contributed by atoms with Crippen LogP contribution in [0.15, 0.2) is 36.7 Å². The first-order chi connectivity index (χ1) is 13.2. The normalized spacial score (nSPS) is 18.3. The third-order valence-electron chi connectivity index (χ3n) is 5.86. The van der Waals surface area contributed by atoms with Gasteiger partial charge in [0.2, 0.25) is 5.91 Å². The van der Waals surface area contributed by atoms with Gasteiger partial charge < -0.3 is 4.90 Å². The Kier molecular flexibility index (Phi) is 5.48. The van der Waals surface area contributed by atoms with E-state index in [0.29, 0.717) is 5.91 Å². The molecule has 0 saturated carbocycles. The average molecular weight is 364 g/mol. The Labute approximate surface area is 161 Å². The number of carbonyl (C=O) groups excluding carboxylic acids is 1. The molecule has 0 spiro atoms. The third kappa shape index (κ3) is 4.19. The Bertz CT molecular complexity index is 781. The van der Waals surface area contributed by atoms with Gasteiger partial charge in [-0.05, 0) is 43.5 Å². The molecule has 1 aromatic carbocycles. The van der Waals surface area contributed by atoms with Crippen LogP contribution >= 0.6 is 0 Å². The molecule has 0 aliphatic carbocycles. The molecule has 1 aromatic heterocycles. The van der Waals surface area contributed by atoms with Crippen LogP contribution < -0.4 is 0 Å². The summed E-state index contributed by atoms with van der Waals surface area (Å²) in [5.41, 5.74) is 3.86. The Morgan fingerprint density at radius 1 is 1.07 bits per heavy atom. The van der Waals surface area contributed by atoms with Crippen molar-refractivity contribution in [2.45, 2.75) is 45.7 Å². The van der Waals surface area contributed by atoms with Crippen LogP contribution in [0.5, 0.6) is 0 Å². The number of amides is 1. The van der Waals surface area contributed by atoms with Gasteiger partial charge in [-0.2, -0.15) is 0 Å². The molecule has 0 radical (unpaired) electrons. The fraction of sp³-hybridized carbons (Fsp3) is 0.500. The zero-order chi connectivity index (χ0) is 18.6. The number of aromatic nitrogens is 2. The van der Waals surface area contributed by atoms with E-state index in [4.69, 9.17) is 0 Å². The van der Waals surface area contributed by atoms with E-state index >= 15 is 0 Å². The second-order valence-corrected chi connectivity index (χ2v) is 7.69. The number of benzene rings is 1. The van der Waals surface area contributed by atoms with Crippen LogP contribution in [0.4, 0.5) is 0 Å². The van der Waals surface area contributed by atoms with Gasteiger partial charge in [0.05, 0.1) is 0 Å². The maximum atomic E-state index is 13.0. The highest BCUT2D eigenvalue weighted by Crippen LogP contribution is 2.25. The maximum Gasteiger partial charge on any atom is 0.226 e. The summed E-state index contributed by atoms with van der Waals surface area (Å²) in [5.74, 6) is 1.41. The molecule has 1 fully saturated rings. The van der Waals surface area contributed by atoms with E-state index < -0.39 is 0 Å². The molecule has 1 saturated heterocycles. The molecule has 2 aliphatic rings. The minimum absolute atomic E-state index is 0.172. The van der Waals surface area contributed by atoms with Crippen molar-refractivity contribution >= 4 is 5.91 Å². The van der Waals surface area contributed by atoms with Gasteiger partial charge in [0.25, 0.3) is 0 Å². The maximum absolute atomic E-state index is 13.0. The largest absolute Gasteiger partial charge is 0.338 e. The first kappa shape index (κ1) is 18.1. The third-order valence-corrected chi connectivity index (χ3v) is 5.86. The van der Waals surface area contributed by atoms with Crippen molar-refractivity contribution in [3.8, 4) is 0 Å².